The lowest BCUT2D eigenvalue weighted by Crippen LogP contribution is -2.29. The van der Waals surface area contributed by atoms with Crippen LogP contribution in [0.4, 0.5) is 5.69 Å². The number of nitrogens with zero attached hydrogens (tertiary/aromatic N) is 1. The van der Waals surface area contributed by atoms with Crippen LogP contribution >= 0.6 is 0 Å². The Morgan fingerprint density at radius 3 is 3.00 bits per heavy atom. The van der Waals surface area contributed by atoms with E-state index in [0.29, 0.717) is 0 Å². The zero-order valence-electron chi connectivity index (χ0n) is 11.4. The highest BCUT2D eigenvalue weighted by molar-refractivity contribution is 6.02. The SMILES string of the molecule is Cc1ccc2c(c1)C(NCCc1ccccn1)C(=O)N2. The monoisotopic (exact) mass is 267 g/mol. The number of aryl methyl sites for hydroxylation is 1. The van der Waals surface area contributed by atoms with Crippen LogP contribution in [0.25, 0.3) is 0 Å². The fourth-order valence-corrected chi connectivity index (χ4v) is 2.47. The van der Waals surface area contributed by atoms with Gasteiger partial charge in [0.1, 0.15) is 6.04 Å². The number of carbonyl (C=O) groups excluding carboxylic acids is 1. The van der Waals surface area contributed by atoms with Crippen molar-refractivity contribution >= 4 is 11.6 Å². The molecular formula is C16H17N3O. The summed E-state index contributed by atoms with van der Waals surface area (Å²) in [6.07, 6.45) is 2.60. The van der Waals surface area contributed by atoms with Crippen molar-refractivity contribution in [3.05, 3.63) is 59.4 Å². The molecule has 1 aliphatic rings. The van der Waals surface area contributed by atoms with Gasteiger partial charge in [0, 0.05) is 36.1 Å². The number of fused-ring (bicyclic) bond motifs is 1. The van der Waals surface area contributed by atoms with E-state index in [1.54, 1.807) is 6.20 Å². The summed E-state index contributed by atoms with van der Waals surface area (Å²) in [5, 5.41) is 6.22. The molecule has 20 heavy (non-hydrogen) atoms. The molecule has 1 aromatic heterocycles. The van der Waals surface area contributed by atoms with Gasteiger partial charge in [0.05, 0.1) is 0 Å². The van der Waals surface area contributed by atoms with E-state index in [2.05, 4.69) is 21.7 Å². The van der Waals surface area contributed by atoms with Crippen molar-refractivity contribution < 1.29 is 4.79 Å². The Labute approximate surface area is 118 Å². The normalized spacial score (nSPS) is 16.9. The minimum absolute atomic E-state index is 0.0200. The molecule has 2 heterocycles. The van der Waals surface area contributed by atoms with Gasteiger partial charge >= 0.3 is 0 Å². The van der Waals surface area contributed by atoms with Crippen LogP contribution in [0, 0.1) is 6.92 Å². The van der Waals surface area contributed by atoms with E-state index >= 15 is 0 Å². The van der Waals surface area contributed by atoms with Crippen LogP contribution in [-0.4, -0.2) is 17.4 Å². The lowest BCUT2D eigenvalue weighted by atomic mass is 10.1. The first-order chi connectivity index (χ1) is 9.74. The van der Waals surface area contributed by atoms with Crippen LogP contribution < -0.4 is 10.6 Å². The average molecular weight is 267 g/mol. The Hall–Kier alpha value is -2.20. The molecule has 1 unspecified atom stereocenters. The van der Waals surface area contributed by atoms with Gasteiger partial charge in [-0.1, -0.05) is 23.8 Å². The van der Waals surface area contributed by atoms with E-state index in [1.807, 2.05) is 37.3 Å². The third-order valence-electron chi connectivity index (χ3n) is 3.49. The molecule has 2 aromatic rings. The van der Waals surface area contributed by atoms with Crippen LogP contribution in [-0.2, 0) is 11.2 Å². The molecule has 0 spiro atoms. The van der Waals surface area contributed by atoms with Crippen molar-refractivity contribution in [3.63, 3.8) is 0 Å². The molecule has 102 valence electrons. The Balaban J connectivity index is 1.66. The minimum Gasteiger partial charge on any atom is -0.324 e. The lowest BCUT2D eigenvalue weighted by molar-refractivity contribution is -0.117. The van der Waals surface area contributed by atoms with Crippen molar-refractivity contribution in [2.45, 2.75) is 19.4 Å². The molecule has 0 saturated heterocycles. The maximum atomic E-state index is 12.0. The first kappa shape index (κ1) is 12.8. The van der Waals surface area contributed by atoms with Gasteiger partial charge in [-0.25, -0.2) is 0 Å². The molecule has 1 aromatic carbocycles. The third kappa shape index (κ3) is 2.56. The predicted molar refractivity (Wildman–Crippen MR) is 78.5 cm³/mol. The average Bonchev–Trinajstić information content (AvgIpc) is 2.76. The van der Waals surface area contributed by atoms with Crippen molar-refractivity contribution in [1.29, 1.82) is 0 Å². The van der Waals surface area contributed by atoms with E-state index in [0.717, 1.165) is 35.5 Å². The number of aromatic nitrogens is 1. The molecule has 0 bridgehead atoms. The maximum Gasteiger partial charge on any atom is 0.246 e. The Kier molecular flexibility index (Phi) is 3.48. The molecule has 0 saturated carbocycles. The highest BCUT2D eigenvalue weighted by Gasteiger charge is 2.29. The minimum atomic E-state index is -0.256. The molecule has 1 amide bonds. The van der Waals surface area contributed by atoms with Gasteiger partial charge in [-0.15, -0.1) is 0 Å². The highest BCUT2D eigenvalue weighted by atomic mass is 16.2. The molecule has 2 N–H and O–H groups in total. The number of carbonyl (C=O) groups is 1. The van der Waals surface area contributed by atoms with E-state index in [1.165, 1.54) is 0 Å². The first-order valence-electron chi connectivity index (χ1n) is 6.79. The molecule has 3 rings (SSSR count). The fraction of sp³-hybridized carbons (Fsp3) is 0.250. The number of benzene rings is 1. The lowest BCUT2D eigenvalue weighted by Gasteiger charge is -2.11. The van der Waals surface area contributed by atoms with Crippen molar-refractivity contribution in [3.8, 4) is 0 Å². The largest absolute Gasteiger partial charge is 0.324 e. The van der Waals surface area contributed by atoms with Crippen LogP contribution in [0.1, 0.15) is 22.9 Å². The summed E-state index contributed by atoms with van der Waals surface area (Å²) in [6.45, 7) is 2.76. The van der Waals surface area contributed by atoms with Gasteiger partial charge in [0.25, 0.3) is 0 Å². The molecule has 1 aliphatic heterocycles. The van der Waals surface area contributed by atoms with Gasteiger partial charge in [0.2, 0.25) is 5.91 Å². The standard InChI is InChI=1S/C16H17N3O/c1-11-5-6-14-13(10-11)15(16(20)19-14)18-9-7-12-4-2-3-8-17-12/h2-6,8,10,15,18H,7,9H2,1H3,(H,19,20). The highest BCUT2D eigenvalue weighted by Crippen LogP contribution is 2.31. The van der Waals surface area contributed by atoms with Crippen LogP contribution in [0.5, 0.6) is 0 Å². The van der Waals surface area contributed by atoms with Crippen LogP contribution in [0.3, 0.4) is 0 Å². The Bertz CT molecular complexity index is 625. The second-order valence-electron chi connectivity index (χ2n) is 5.04. The van der Waals surface area contributed by atoms with Crippen LogP contribution in [0.2, 0.25) is 0 Å². The summed E-state index contributed by atoms with van der Waals surface area (Å²) in [5.41, 5.74) is 4.15. The molecule has 1 atom stereocenters. The molecule has 4 heteroatoms. The van der Waals surface area contributed by atoms with Crippen molar-refractivity contribution in [2.24, 2.45) is 0 Å². The van der Waals surface area contributed by atoms with Gasteiger partial charge in [0.15, 0.2) is 0 Å². The van der Waals surface area contributed by atoms with E-state index in [4.69, 9.17) is 0 Å². The quantitative estimate of drug-likeness (QED) is 0.893. The number of pyridine rings is 1. The zero-order valence-corrected chi connectivity index (χ0v) is 11.4. The summed E-state index contributed by atoms with van der Waals surface area (Å²) in [5.74, 6) is 0.0200. The second-order valence-corrected chi connectivity index (χ2v) is 5.04. The smallest absolute Gasteiger partial charge is 0.246 e. The Morgan fingerprint density at radius 2 is 2.20 bits per heavy atom. The first-order valence-corrected chi connectivity index (χ1v) is 6.79. The van der Waals surface area contributed by atoms with Crippen LogP contribution in [0.15, 0.2) is 42.6 Å². The number of nitrogens with one attached hydrogen (secondary N) is 2. The van der Waals surface area contributed by atoms with E-state index < -0.39 is 0 Å². The number of hydrogen-bond acceptors (Lipinski definition) is 3. The van der Waals surface area contributed by atoms with Crippen molar-refractivity contribution in [2.75, 3.05) is 11.9 Å². The second kappa shape index (κ2) is 5.43. The zero-order chi connectivity index (χ0) is 13.9. The van der Waals surface area contributed by atoms with E-state index in [-0.39, 0.29) is 11.9 Å². The molecule has 0 fully saturated rings. The van der Waals surface area contributed by atoms with Gasteiger partial charge in [-0.2, -0.15) is 0 Å². The predicted octanol–water partition coefficient (Wildman–Crippen LogP) is 2.22. The summed E-state index contributed by atoms with van der Waals surface area (Å²) in [7, 11) is 0. The third-order valence-corrected chi connectivity index (χ3v) is 3.49. The molecular weight excluding hydrogens is 250 g/mol. The number of hydrogen-bond donors (Lipinski definition) is 2. The number of amides is 1. The van der Waals surface area contributed by atoms with E-state index in [9.17, 15) is 4.79 Å². The molecule has 0 radical (unpaired) electrons. The Morgan fingerprint density at radius 1 is 1.30 bits per heavy atom. The number of rotatable bonds is 4. The van der Waals surface area contributed by atoms with Gasteiger partial charge in [-0.3, -0.25) is 9.78 Å². The fourth-order valence-electron chi connectivity index (χ4n) is 2.47. The number of anilines is 1. The summed E-state index contributed by atoms with van der Waals surface area (Å²) >= 11 is 0. The molecule has 0 aliphatic carbocycles. The van der Waals surface area contributed by atoms with Gasteiger partial charge in [-0.05, 0) is 25.1 Å². The van der Waals surface area contributed by atoms with Gasteiger partial charge < -0.3 is 10.6 Å². The summed E-state index contributed by atoms with van der Waals surface area (Å²) < 4.78 is 0. The van der Waals surface area contributed by atoms with Crippen molar-refractivity contribution in [1.82, 2.24) is 10.3 Å². The maximum absolute atomic E-state index is 12.0. The summed E-state index contributed by atoms with van der Waals surface area (Å²) in [4.78, 5) is 16.3. The topological polar surface area (TPSA) is 54.0 Å². The summed E-state index contributed by atoms with van der Waals surface area (Å²) in [6, 6.07) is 11.6. The molecule has 4 nitrogen and oxygen atoms in total.